The second-order valence-corrected chi connectivity index (χ2v) is 8.90. The lowest BCUT2D eigenvalue weighted by Gasteiger charge is -2.24. The van der Waals surface area contributed by atoms with Gasteiger partial charge in [0.15, 0.2) is 0 Å². The van der Waals surface area contributed by atoms with E-state index in [2.05, 4.69) is 12.1 Å². The smallest absolute Gasteiger partial charge is 0.234 e. The Balaban J connectivity index is 1.58. The van der Waals surface area contributed by atoms with E-state index in [9.17, 15) is 4.79 Å². The van der Waals surface area contributed by atoms with Crippen LogP contribution in [0, 0.1) is 0 Å². The van der Waals surface area contributed by atoms with Crippen LogP contribution in [0.3, 0.4) is 0 Å². The Bertz CT molecular complexity index is 1190. The molecule has 0 spiro atoms. The van der Waals surface area contributed by atoms with Crippen LogP contribution in [0.25, 0.3) is 16.9 Å². The van der Waals surface area contributed by atoms with Gasteiger partial charge in [0.2, 0.25) is 5.91 Å². The second-order valence-electron chi connectivity index (χ2n) is 7.39. The van der Waals surface area contributed by atoms with Gasteiger partial charge < -0.3 is 4.90 Å². The van der Waals surface area contributed by atoms with Gasteiger partial charge in [0.05, 0.1) is 17.1 Å². The molecule has 0 bridgehead atoms. The van der Waals surface area contributed by atoms with E-state index in [0.717, 1.165) is 28.1 Å². The molecule has 1 fully saturated rings. The highest BCUT2D eigenvalue weighted by Crippen LogP contribution is 2.43. The summed E-state index contributed by atoms with van der Waals surface area (Å²) in [6.07, 6.45) is 2.05. The number of amides is 1. The third-order valence-electron chi connectivity index (χ3n) is 5.31. The summed E-state index contributed by atoms with van der Waals surface area (Å²) in [7, 11) is 0. The zero-order chi connectivity index (χ0) is 21.2. The second kappa shape index (κ2) is 8.61. The minimum absolute atomic E-state index is 0.101. The minimum Gasteiger partial charge on any atom is -0.321 e. The van der Waals surface area contributed by atoms with E-state index in [0.29, 0.717) is 17.3 Å². The van der Waals surface area contributed by atoms with Crippen molar-refractivity contribution in [2.75, 3.05) is 5.75 Å². The molecule has 1 atom stereocenters. The monoisotopic (exact) mass is 445 g/mol. The highest BCUT2D eigenvalue weighted by Gasteiger charge is 2.35. The molecule has 4 aromatic rings. The molecule has 0 aliphatic carbocycles. The molecule has 1 amide bonds. The van der Waals surface area contributed by atoms with Crippen molar-refractivity contribution in [3.63, 3.8) is 0 Å². The first kappa shape index (κ1) is 19.9. The first-order chi connectivity index (χ1) is 15.2. The molecule has 154 valence electrons. The van der Waals surface area contributed by atoms with Gasteiger partial charge in [-0.05, 0) is 29.8 Å². The third-order valence-corrected chi connectivity index (χ3v) is 6.80. The van der Waals surface area contributed by atoms with Crippen molar-refractivity contribution in [3.8, 4) is 16.9 Å². The fraction of sp³-hybridized carbons (Fsp3) is 0.120. The maximum atomic E-state index is 12.8. The third kappa shape index (κ3) is 4.11. The highest BCUT2D eigenvalue weighted by atomic mass is 35.5. The number of carbonyl (C=O) groups is 1. The number of para-hydroxylation sites is 1. The Morgan fingerprint density at radius 2 is 1.61 bits per heavy atom. The summed E-state index contributed by atoms with van der Waals surface area (Å²) in [5, 5.41) is 5.50. The van der Waals surface area contributed by atoms with Gasteiger partial charge in [-0.15, -0.1) is 11.8 Å². The summed E-state index contributed by atoms with van der Waals surface area (Å²) in [5.74, 6) is 0.613. The van der Waals surface area contributed by atoms with Crippen LogP contribution in [0.4, 0.5) is 0 Å². The predicted octanol–water partition coefficient (Wildman–Crippen LogP) is 5.97. The number of aromatic nitrogens is 2. The summed E-state index contributed by atoms with van der Waals surface area (Å²) < 4.78 is 1.89. The largest absolute Gasteiger partial charge is 0.321 e. The van der Waals surface area contributed by atoms with Crippen molar-refractivity contribution in [2.45, 2.75) is 11.9 Å². The molecule has 0 unspecified atom stereocenters. The molecule has 0 saturated carbocycles. The van der Waals surface area contributed by atoms with Crippen LogP contribution >= 0.6 is 23.4 Å². The SMILES string of the molecule is O=C1CS[C@H](c2cn(-c3ccccc3)nc2-c2ccc(Cl)cc2)N1Cc1ccccc1. The van der Waals surface area contributed by atoms with Crippen molar-refractivity contribution >= 4 is 29.3 Å². The van der Waals surface area contributed by atoms with Gasteiger partial charge in [-0.2, -0.15) is 5.10 Å². The van der Waals surface area contributed by atoms with Gasteiger partial charge in [0.25, 0.3) is 0 Å². The maximum Gasteiger partial charge on any atom is 0.234 e. The van der Waals surface area contributed by atoms with Crippen LogP contribution in [0.15, 0.2) is 91.1 Å². The topological polar surface area (TPSA) is 38.1 Å². The fourth-order valence-electron chi connectivity index (χ4n) is 3.78. The van der Waals surface area contributed by atoms with Crippen LogP contribution in [-0.4, -0.2) is 26.3 Å². The normalized spacial score (nSPS) is 16.1. The van der Waals surface area contributed by atoms with Crippen molar-refractivity contribution in [1.29, 1.82) is 0 Å². The highest BCUT2D eigenvalue weighted by molar-refractivity contribution is 8.00. The van der Waals surface area contributed by atoms with Gasteiger partial charge in [0, 0.05) is 28.9 Å². The van der Waals surface area contributed by atoms with Crippen molar-refractivity contribution < 1.29 is 4.79 Å². The number of thioether (sulfide) groups is 1. The fourth-order valence-corrected chi connectivity index (χ4v) is 5.09. The van der Waals surface area contributed by atoms with Crippen LogP contribution < -0.4 is 0 Å². The summed E-state index contributed by atoms with van der Waals surface area (Å²) >= 11 is 7.77. The van der Waals surface area contributed by atoms with Gasteiger partial charge in [-0.3, -0.25) is 4.79 Å². The Morgan fingerprint density at radius 3 is 2.32 bits per heavy atom. The van der Waals surface area contributed by atoms with E-state index < -0.39 is 0 Å². The number of rotatable bonds is 5. The van der Waals surface area contributed by atoms with E-state index >= 15 is 0 Å². The minimum atomic E-state index is -0.101. The Morgan fingerprint density at radius 1 is 0.935 bits per heavy atom. The van der Waals surface area contributed by atoms with E-state index in [1.807, 2.05) is 88.6 Å². The molecule has 1 aliphatic heterocycles. The number of carbonyl (C=O) groups excluding carboxylic acids is 1. The number of halogens is 1. The lowest BCUT2D eigenvalue weighted by Crippen LogP contribution is -2.27. The molecule has 6 heteroatoms. The van der Waals surface area contributed by atoms with Crippen LogP contribution in [0.2, 0.25) is 5.02 Å². The van der Waals surface area contributed by atoms with Crippen molar-refractivity contribution in [1.82, 2.24) is 14.7 Å². The lowest BCUT2D eigenvalue weighted by atomic mass is 10.1. The molecule has 0 N–H and O–H groups in total. The standard InChI is InChI=1S/C25H20ClN3OS/c26-20-13-11-19(12-14-20)24-22(16-29(27-24)21-9-5-2-6-10-21)25-28(23(30)17-31-25)15-18-7-3-1-4-8-18/h1-14,16,25H,15,17H2/t25-/m1/s1. The number of hydrogen-bond donors (Lipinski definition) is 0. The van der Waals surface area contributed by atoms with E-state index in [-0.39, 0.29) is 11.3 Å². The molecule has 2 heterocycles. The summed E-state index contributed by atoms with van der Waals surface area (Å²) in [6.45, 7) is 0.577. The molecule has 1 saturated heterocycles. The molecule has 3 aromatic carbocycles. The zero-order valence-electron chi connectivity index (χ0n) is 16.7. The molecule has 5 rings (SSSR count). The van der Waals surface area contributed by atoms with Crippen molar-refractivity contribution in [2.24, 2.45) is 0 Å². The maximum absolute atomic E-state index is 12.8. The Kier molecular flexibility index (Phi) is 5.53. The average molecular weight is 446 g/mol. The molecule has 1 aliphatic rings. The summed E-state index contributed by atoms with van der Waals surface area (Å²) in [4.78, 5) is 14.7. The predicted molar refractivity (Wildman–Crippen MR) is 126 cm³/mol. The lowest BCUT2D eigenvalue weighted by molar-refractivity contribution is -0.128. The van der Waals surface area contributed by atoms with E-state index in [1.165, 1.54) is 0 Å². The van der Waals surface area contributed by atoms with Crippen LogP contribution in [0.5, 0.6) is 0 Å². The van der Waals surface area contributed by atoms with Crippen LogP contribution in [-0.2, 0) is 11.3 Å². The van der Waals surface area contributed by atoms with Gasteiger partial charge in [0.1, 0.15) is 5.37 Å². The number of hydrogen-bond acceptors (Lipinski definition) is 3. The molecular weight excluding hydrogens is 426 g/mol. The summed E-state index contributed by atoms with van der Waals surface area (Å²) in [6, 6.07) is 27.8. The van der Waals surface area contributed by atoms with Gasteiger partial charge >= 0.3 is 0 Å². The Labute approximate surface area is 190 Å². The average Bonchev–Trinajstić information content (AvgIpc) is 3.40. The van der Waals surface area contributed by atoms with Crippen molar-refractivity contribution in [3.05, 3.63) is 107 Å². The molecule has 0 radical (unpaired) electrons. The van der Waals surface area contributed by atoms with Gasteiger partial charge in [-0.25, -0.2) is 4.68 Å². The van der Waals surface area contributed by atoms with Crippen LogP contribution in [0.1, 0.15) is 16.5 Å². The molecule has 4 nitrogen and oxygen atoms in total. The molecular formula is C25H20ClN3OS. The quantitative estimate of drug-likeness (QED) is 0.380. The Hall–Kier alpha value is -3.02. The number of benzene rings is 3. The van der Waals surface area contributed by atoms with E-state index in [1.54, 1.807) is 11.8 Å². The first-order valence-corrected chi connectivity index (χ1v) is 11.5. The molecule has 31 heavy (non-hydrogen) atoms. The zero-order valence-corrected chi connectivity index (χ0v) is 18.3. The molecule has 1 aromatic heterocycles. The van der Waals surface area contributed by atoms with Gasteiger partial charge in [-0.1, -0.05) is 72.3 Å². The first-order valence-electron chi connectivity index (χ1n) is 10.0. The van der Waals surface area contributed by atoms with E-state index in [4.69, 9.17) is 16.7 Å². The summed E-state index contributed by atoms with van der Waals surface area (Å²) in [5.41, 5.74) is 4.97. The number of nitrogens with zero attached hydrogens (tertiary/aromatic N) is 3.